The van der Waals surface area contributed by atoms with Crippen LogP contribution in [0.2, 0.25) is 0 Å². The Bertz CT molecular complexity index is 919. The van der Waals surface area contributed by atoms with Gasteiger partial charge in [-0.2, -0.15) is 0 Å². The summed E-state index contributed by atoms with van der Waals surface area (Å²) in [5, 5.41) is 12.2. The summed E-state index contributed by atoms with van der Waals surface area (Å²) in [6, 6.07) is 13.3. The molecule has 0 aliphatic heterocycles. The first-order valence-electron chi connectivity index (χ1n) is 7.32. The number of carboxylic acids is 1. The van der Waals surface area contributed by atoms with E-state index in [1.54, 1.807) is 55.8 Å². The lowest BCUT2D eigenvalue weighted by molar-refractivity contribution is 0.0696. The average molecular weight is 354 g/mol. The number of aromatic carboxylic acids is 1. The van der Waals surface area contributed by atoms with Gasteiger partial charge in [0, 0.05) is 11.8 Å². The molecule has 126 valence electrons. The molecule has 6 nitrogen and oxygen atoms in total. The number of thiazole rings is 1. The van der Waals surface area contributed by atoms with Crippen molar-refractivity contribution >= 4 is 28.3 Å². The number of nitrogens with one attached hydrogen (secondary N) is 1. The number of aromatic nitrogens is 1. The van der Waals surface area contributed by atoms with E-state index in [1.807, 2.05) is 0 Å². The monoisotopic (exact) mass is 354 g/mol. The highest BCUT2D eigenvalue weighted by atomic mass is 32.1. The third-order valence-corrected chi connectivity index (χ3v) is 4.43. The van der Waals surface area contributed by atoms with Gasteiger partial charge in [-0.05, 0) is 42.0 Å². The Morgan fingerprint density at radius 2 is 1.88 bits per heavy atom. The molecule has 1 amide bonds. The number of benzene rings is 2. The highest BCUT2D eigenvalue weighted by molar-refractivity contribution is 7.19. The molecule has 7 heteroatoms. The van der Waals surface area contributed by atoms with Gasteiger partial charge in [-0.25, -0.2) is 9.78 Å². The lowest BCUT2D eigenvalue weighted by Gasteiger charge is -2.03. The molecule has 1 heterocycles. The van der Waals surface area contributed by atoms with Crippen molar-refractivity contribution in [3.05, 3.63) is 65.9 Å². The van der Waals surface area contributed by atoms with Crippen molar-refractivity contribution < 1.29 is 19.4 Å². The fourth-order valence-electron chi connectivity index (χ4n) is 2.18. The van der Waals surface area contributed by atoms with E-state index in [1.165, 1.54) is 17.4 Å². The topological polar surface area (TPSA) is 88.5 Å². The molecule has 0 saturated heterocycles. The summed E-state index contributed by atoms with van der Waals surface area (Å²) in [6.45, 7) is 0. The average Bonchev–Trinajstić information content (AvgIpc) is 3.10. The zero-order valence-electron chi connectivity index (χ0n) is 13.2. The zero-order valence-corrected chi connectivity index (χ0v) is 14.0. The molecule has 3 rings (SSSR count). The molecule has 0 aliphatic carbocycles. The van der Waals surface area contributed by atoms with Crippen molar-refractivity contribution in [3.63, 3.8) is 0 Å². The minimum Gasteiger partial charge on any atom is -0.497 e. The molecule has 0 spiro atoms. The number of carboxylic acid groups (broad SMARTS) is 1. The number of amides is 1. The van der Waals surface area contributed by atoms with E-state index >= 15 is 0 Å². The van der Waals surface area contributed by atoms with E-state index in [0.717, 1.165) is 10.4 Å². The van der Waals surface area contributed by atoms with Crippen LogP contribution < -0.4 is 10.1 Å². The second-order valence-electron chi connectivity index (χ2n) is 5.10. The largest absolute Gasteiger partial charge is 0.497 e. The second-order valence-corrected chi connectivity index (χ2v) is 6.13. The van der Waals surface area contributed by atoms with E-state index < -0.39 is 5.97 Å². The van der Waals surface area contributed by atoms with Gasteiger partial charge in [0.1, 0.15) is 5.75 Å². The van der Waals surface area contributed by atoms with Gasteiger partial charge in [0.25, 0.3) is 5.91 Å². The maximum absolute atomic E-state index is 12.2. The summed E-state index contributed by atoms with van der Waals surface area (Å²) < 4.78 is 5.06. The van der Waals surface area contributed by atoms with Gasteiger partial charge in [0.05, 0.1) is 17.6 Å². The predicted molar refractivity (Wildman–Crippen MR) is 95.5 cm³/mol. The quantitative estimate of drug-likeness (QED) is 0.728. The first-order chi connectivity index (χ1) is 12.1. The van der Waals surface area contributed by atoms with E-state index in [9.17, 15) is 9.59 Å². The number of nitrogens with zero attached hydrogens (tertiary/aromatic N) is 1. The van der Waals surface area contributed by atoms with Crippen molar-refractivity contribution in [2.45, 2.75) is 0 Å². The van der Waals surface area contributed by atoms with E-state index in [2.05, 4.69) is 10.3 Å². The van der Waals surface area contributed by atoms with E-state index in [-0.39, 0.29) is 11.5 Å². The van der Waals surface area contributed by atoms with Gasteiger partial charge in [0.2, 0.25) is 0 Å². The number of ether oxygens (including phenoxy) is 1. The summed E-state index contributed by atoms with van der Waals surface area (Å²) in [5.74, 6) is -0.589. The summed E-state index contributed by atoms with van der Waals surface area (Å²) in [7, 11) is 1.56. The van der Waals surface area contributed by atoms with Crippen LogP contribution in [0.15, 0.2) is 54.7 Å². The van der Waals surface area contributed by atoms with Crippen molar-refractivity contribution in [1.82, 2.24) is 4.98 Å². The standard InChI is InChI=1S/C18H14N2O4S/c1-24-14-7-5-11(6-8-14)16(21)20-18-19-10-15(25-18)12-3-2-4-13(9-12)17(22)23/h2-10H,1H3,(H,22,23)(H,19,20,21). The SMILES string of the molecule is COc1ccc(C(=O)Nc2ncc(-c3cccc(C(=O)O)c3)s2)cc1. The molecule has 1 aromatic heterocycles. The van der Waals surface area contributed by atoms with Crippen LogP contribution in [0, 0.1) is 0 Å². The minimum atomic E-state index is -0.987. The van der Waals surface area contributed by atoms with Crippen LogP contribution in [-0.4, -0.2) is 29.1 Å². The maximum atomic E-state index is 12.2. The van der Waals surface area contributed by atoms with Crippen LogP contribution in [0.25, 0.3) is 10.4 Å². The lowest BCUT2D eigenvalue weighted by atomic mass is 10.1. The third-order valence-electron chi connectivity index (χ3n) is 3.47. The molecule has 3 aromatic rings. The molecule has 25 heavy (non-hydrogen) atoms. The molecule has 0 aliphatic rings. The number of carbonyl (C=O) groups is 2. The smallest absolute Gasteiger partial charge is 0.335 e. The molecular formula is C18H14N2O4S. The molecule has 0 saturated carbocycles. The van der Waals surface area contributed by atoms with Crippen molar-refractivity contribution in [2.24, 2.45) is 0 Å². The number of hydrogen-bond donors (Lipinski definition) is 2. The van der Waals surface area contributed by atoms with Crippen LogP contribution >= 0.6 is 11.3 Å². The minimum absolute atomic E-state index is 0.203. The Morgan fingerprint density at radius 3 is 2.56 bits per heavy atom. The summed E-state index contributed by atoms with van der Waals surface area (Å²) >= 11 is 1.28. The number of hydrogen-bond acceptors (Lipinski definition) is 5. The normalized spacial score (nSPS) is 10.3. The van der Waals surface area contributed by atoms with E-state index in [0.29, 0.717) is 16.4 Å². The first kappa shape index (κ1) is 16.7. The van der Waals surface area contributed by atoms with Crippen LogP contribution in [-0.2, 0) is 0 Å². The number of anilines is 1. The van der Waals surface area contributed by atoms with Gasteiger partial charge >= 0.3 is 5.97 Å². The van der Waals surface area contributed by atoms with Gasteiger partial charge in [-0.1, -0.05) is 23.5 Å². The maximum Gasteiger partial charge on any atom is 0.335 e. The predicted octanol–water partition coefficient (Wildman–Crippen LogP) is 3.77. The molecule has 0 atom stereocenters. The molecule has 2 aromatic carbocycles. The van der Waals surface area contributed by atoms with Gasteiger partial charge in [-0.15, -0.1) is 0 Å². The van der Waals surface area contributed by atoms with Crippen LogP contribution in [0.5, 0.6) is 5.75 Å². The Kier molecular flexibility index (Phi) is 4.76. The summed E-state index contributed by atoms with van der Waals surface area (Å²) in [5.41, 5.74) is 1.43. The number of rotatable bonds is 5. The fourth-order valence-corrected chi connectivity index (χ4v) is 2.99. The molecule has 0 radical (unpaired) electrons. The molecule has 0 fully saturated rings. The fraction of sp³-hybridized carbons (Fsp3) is 0.0556. The van der Waals surface area contributed by atoms with Crippen molar-refractivity contribution in [2.75, 3.05) is 12.4 Å². The Hall–Kier alpha value is -3.19. The van der Waals surface area contributed by atoms with Crippen molar-refractivity contribution in [1.29, 1.82) is 0 Å². The van der Waals surface area contributed by atoms with Crippen LogP contribution in [0.1, 0.15) is 20.7 Å². The Morgan fingerprint density at radius 1 is 1.12 bits per heavy atom. The molecular weight excluding hydrogens is 340 g/mol. The van der Waals surface area contributed by atoms with Gasteiger partial charge in [-0.3, -0.25) is 10.1 Å². The third kappa shape index (κ3) is 3.84. The van der Waals surface area contributed by atoms with Crippen LogP contribution in [0.3, 0.4) is 0 Å². The molecule has 2 N–H and O–H groups in total. The summed E-state index contributed by atoms with van der Waals surface area (Å²) in [4.78, 5) is 28.3. The second kappa shape index (κ2) is 7.14. The lowest BCUT2D eigenvalue weighted by Crippen LogP contribution is -2.11. The molecule has 0 bridgehead atoms. The Labute approximate surface area is 147 Å². The van der Waals surface area contributed by atoms with Gasteiger partial charge < -0.3 is 9.84 Å². The van der Waals surface area contributed by atoms with Gasteiger partial charge in [0.15, 0.2) is 5.13 Å². The van der Waals surface area contributed by atoms with Crippen LogP contribution in [0.4, 0.5) is 5.13 Å². The number of methoxy groups -OCH3 is 1. The zero-order chi connectivity index (χ0) is 17.8. The Balaban J connectivity index is 1.76. The highest BCUT2D eigenvalue weighted by Gasteiger charge is 2.11. The van der Waals surface area contributed by atoms with E-state index in [4.69, 9.17) is 9.84 Å². The number of carbonyl (C=O) groups excluding carboxylic acids is 1. The summed E-state index contributed by atoms with van der Waals surface area (Å²) in [6.07, 6.45) is 1.61. The highest BCUT2D eigenvalue weighted by Crippen LogP contribution is 2.29. The van der Waals surface area contributed by atoms with Crippen molar-refractivity contribution in [3.8, 4) is 16.2 Å². The molecule has 0 unspecified atom stereocenters. The first-order valence-corrected chi connectivity index (χ1v) is 8.13.